The Hall–Kier alpha value is -2.48. The van der Waals surface area contributed by atoms with E-state index in [4.69, 9.17) is 4.74 Å². The van der Waals surface area contributed by atoms with Crippen LogP contribution in [0.2, 0.25) is 0 Å². The van der Waals surface area contributed by atoms with Crippen molar-refractivity contribution in [2.75, 3.05) is 13.1 Å². The molecular formula is C22H28FN3O4. The maximum absolute atomic E-state index is 15.3. The molecule has 30 heavy (non-hydrogen) atoms. The topological polar surface area (TPSA) is 79.0 Å². The lowest BCUT2D eigenvalue weighted by Gasteiger charge is -2.31. The van der Waals surface area contributed by atoms with Crippen LogP contribution in [-0.4, -0.2) is 58.8 Å². The Bertz CT molecular complexity index is 870. The Kier molecular flexibility index (Phi) is 5.77. The zero-order chi connectivity index (χ0) is 21.4. The number of carbonyl (C=O) groups is 3. The maximum Gasteiger partial charge on any atom is 0.255 e. The van der Waals surface area contributed by atoms with Crippen LogP contribution in [0.4, 0.5) is 4.39 Å². The molecule has 0 radical (unpaired) electrons. The van der Waals surface area contributed by atoms with Crippen molar-refractivity contribution in [3.63, 3.8) is 0 Å². The van der Waals surface area contributed by atoms with E-state index < -0.39 is 17.8 Å². The zero-order valence-corrected chi connectivity index (χ0v) is 17.4. The molecule has 3 amide bonds. The molecule has 1 saturated heterocycles. The summed E-state index contributed by atoms with van der Waals surface area (Å²) in [6.07, 6.45) is 3.28. The van der Waals surface area contributed by atoms with Crippen molar-refractivity contribution in [3.05, 3.63) is 29.1 Å². The van der Waals surface area contributed by atoms with Crippen molar-refractivity contribution in [2.45, 2.75) is 70.7 Å². The number of hydrogen-bond acceptors (Lipinski definition) is 5. The molecule has 2 aliphatic heterocycles. The molecule has 3 aliphatic rings. The van der Waals surface area contributed by atoms with E-state index in [9.17, 15) is 14.4 Å². The zero-order valence-electron chi connectivity index (χ0n) is 17.4. The molecule has 1 aromatic rings. The Balaban J connectivity index is 1.53. The van der Waals surface area contributed by atoms with Gasteiger partial charge in [-0.05, 0) is 50.9 Å². The van der Waals surface area contributed by atoms with Crippen molar-refractivity contribution in [1.29, 1.82) is 0 Å². The highest BCUT2D eigenvalue weighted by Gasteiger charge is 2.41. The largest absolute Gasteiger partial charge is 0.486 e. The van der Waals surface area contributed by atoms with E-state index in [-0.39, 0.29) is 60.2 Å². The van der Waals surface area contributed by atoms with Crippen LogP contribution in [0.5, 0.6) is 5.75 Å². The van der Waals surface area contributed by atoms with Crippen molar-refractivity contribution in [1.82, 2.24) is 15.1 Å². The van der Waals surface area contributed by atoms with Gasteiger partial charge in [0, 0.05) is 23.6 Å². The summed E-state index contributed by atoms with van der Waals surface area (Å²) in [5.41, 5.74) is 0.524. The molecule has 4 rings (SSSR count). The highest BCUT2D eigenvalue weighted by molar-refractivity contribution is 6.05. The molecular weight excluding hydrogens is 389 g/mol. The van der Waals surface area contributed by atoms with Crippen molar-refractivity contribution in [3.8, 4) is 5.75 Å². The Labute approximate surface area is 175 Å². The molecule has 1 aromatic carbocycles. The molecule has 1 N–H and O–H groups in total. The summed E-state index contributed by atoms with van der Waals surface area (Å²) in [6.45, 7) is 6.08. The van der Waals surface area contributed by atoms with Crippen molar-refractivity contribution in [2.24, 2.45) is 0 Å². The average Bonchev–Trinajstić information content (AvgIpc) is 3.31. The minimum absolute atomic E-state index is 0.00756. The van der Waals surface area contributed by atoms with Crippen molar-refractivity contribution >= 4 is 17.7 Å². The molecule has 0 spiro atoms. The molecule has 1 unspecified atom stereocenters. The Morgan fingerprint density at radius 3 is 2.63 bits per heavy atom. The predicted octanol–water partition coefficient (Wildman–Crippen LogP) is 2.23. The smallest absolute Gasteiger partial charge is 0.255 e. The van der Waals surface area contributed by atoms with Crippen LogP contribution in [0.25, 0.3) is 0 Å². The first kappa shape index (κ1) is 20.8. The third kappa shape index (κ3) is 3.57. The molecule has 162 valence electrons. The van der Waals surface area contributed by atoms with Crippen LogP contribution in [0.15, 0.2) is 12.1 Å². The van der Waals surface area contributed by atoms with Gasteiger partial charge in [0.2, 0.25) is 11.8 Å². The van der Waals surface area contributed by atoms with Gasteiger partial charge >= 0.3 is 0 Å². The van der Waals surface area contributed by atoms with Crippen LogP contribution in [0.3, 0.4) is 0 Å². The summed E-state index contributed by atoms with van der Waals surface area (Å²) < 4.78 is 21.4. The first-order valence-electron chi connectivity index (χ1n) is 10.8. The standard InChI is InChI=1S/C22H28FN3O4/c1-3-25(4-2)15-6-5-7-17(15)30-18-10-8-13-14(20(18)23)12-26(22(13)29)16-9-11-19(27)24-21(16)28/h8,10,15-17H,3-7,9,11-12H2,1-2H3,(H,24,27,28)/t15-,16?,17-/m1/s1. The number of hydrogen-bond donors (Lipinski definition) is 1. The van der Waals surface area contributed by atoms with Crippen LogP contribution in [-0.2, 0) is 16.1 Å². The minimum Gasteiger partial charge on any atom is -0.486 e. The number of imide groups is 1. The highest BCUT2D eigenvalue weighted by Crippen LogP contribution is 2.35. The van der Waals surface area contributed by atoms with E-state index in [0.717, 1.165) is 32.4 Å². The summed E-state index contributed by atoms with van der Waals surface area (Å²) in [6, 6.07) is 2.61. The number of halogens is 1. The quantitative estimate of drug-likeness (QED) is 0.718. The van der Waals surface area contributed by atoms with Gasteiger partial charge in [-0.1, -0.05) is 13.8 Å². The molecule has 7 nitrogen and oxygen atoms in total. The van der Waals surface area contributed by atoms with Gasteiger partial charge in [0.25, 0.3) is 5.91 Å². The second-order valence-corrected chi connectivity index (χ2v) is 8.18. The average molecular weight is 417 g/mol. The fraction of sp³-hybridized carbons (Fsp3) is 0.591. The number of fused-ring (bicyclic) bond motifs is 1. The number of amides is 3. The summed E-state index contributed by atoms with van der Waals surface area (Å²) >= 11 is 0. The van der Waals surface area contributed by atoms with E-state index in [1.54, 1.807) is 6.07 Å². The Morgan fingerprint density at radius 1 is 1.17 bits per heavy atom. The third-order valence-electron chi connectivity index (χ3n) is 6.59. The van der Waals surface area contributed by atoms with Gasteiger partial charge in [-0.3, -0.25) is 24.6 Å². The first-order chi connectivity index (χ1) is 14.4. The van der Waals surface area contributed by atoms with Gasteiger partial charge in [-0.15, -0.1) is 0 Å². The molecule has 8 heteroatoms. The number of piperidine rings is 1. The highest BCUT2D eigenvalue weighted by atomic mass is 19.1. The number of benzene rings is 1. The number of ether oxygens (including phenoxy) is 1. The second kappa shape index (κ2) is 8.34. The lowest BCUT2D eigenvalue weighted by Crippen LogP contribution is -2.52. The van der Waals surface area contributed by atoms with E-state index in [1.165, 1.54) is 11.0 Å². The lowest BCUT2D eigenvalue weighted by molar-refractivity contribution is -0.136. The molecule has 1 saturated carbocycles. The molecule has 1 aliphatic carbocycles. The van der Waals surface area contributed by atoms with Gasteiger partial charge in [-0.25, -0.2) is 4.39 Å². The van der Waals surface area contributed by atoms with E-state index in [1.807, 2.05) is 0 Å². The van der Waals surface area contributed by atoms with E-state index >= 15 is 4.39 Å². The molecule has 0 aromatic heterocycles. The van der Waals surface area contributed by atoms with E-state index in [2.05, 4.69) is 24.1 Å². The second-order valence-electron chi connectivity index (χ2n) is 8.18. The SMILES string of the molecule is CCN(CC)[C@@H]1CCC[C@H]1Oc1ccc2c(c1F)CN(C1CCC(=O)NC1=O)C2=O. The number of carbonyl (C=O) groups excluding carboxylic acids is 3. The van der Waals surface area contributed by atoms with Crippen LogP contribution in [0, 0.1) is 5.82 Å². The van der Waals surface area contributed by atoms with Gasteiger partial charge in [0.15, 0.2) is 11.6 Å². The minimum atomic E-state index is -0.756. The number of nitrogens with zero attached hydrogens (tertiary/aromatic N) is 2. The molecule has 0 bridgehead atoms. The van der Waals surface area contributed by atoms with Crippen LogP contribution in [0.1, 0.15) is 61.9 Å². The van der Waals surface area contributed by atoms with Crippen molar-refractivity contribution < 1.29 is 23.5 Å². The predicted molar refractivity (Wildman–Crippen MR) is 107 cm³/mol. The summed E-state index contributed by atoms with van der Waals surface area (Å²) in [5.74, 6) is -1.60. The van der Waals surface area contributed by atoms with E-state index in [0.29, 0.717) is 0 Å². The van der Waals surface area contributed by atoms with Crippen LogP contribution < -0.4 is 10.1 Å². The van der Waals surface area contributed by atoms with Gasteiger partial charge < -0.3 is 9.64 Å². The normalized spacial score (nSPS) is 26.3. The van der Waals surface area contributed by atoms with Gasteiger partial charge in [0.1, 0.15) is 12.1 Å². The summed E-state index contributed by atoms with van der Waals surface area (Å²) in [4.78, 5) is 40.1. The Morgan fingerprint density at radius 2 is 1.93 bits per heavy atom. The fourth-order valence-electron chi connectivity index (χ4n) is 4.99. The number of rotatable bonds is 6. The maximum atomic E-state index is 15.3. The third-order valence-corrected chi connectivity index (χ3v) is 6.59. The number of nitrogens with one attached hydrogen (secondary N) is 1. The monoisotopic (exact) mass is 417 g/mol. The summed E-state index contributed by atoms with van der Waals surface area (Å²) in [7, 11) is 0. The lowest BCUT2D eigenvalue weighted by atomic mass is 10.0. The molecule has 2 heterocycles. The summed E-state index contributed by atoms with van der Waals surface area (Å²) in [5, 5.41) is 2.26. The number of likely N-dealkylation sites (N-methyl/N-ethyl adjacent to an activating group) is 1. The fourth-order valence-corrected chi connectivity index (χ4v) is 4.99. The molecule has 3 atom stereocenters. The molecule has 2 fully saturated rings. The van der Waals surface area contributed by atoms with Gasteiger partial charge in [0.05, 0.1) is 6.54 Å². The first-order valence-corrected chi connectivity index (χ1v) is 10.8. The van der Waals surface area contributed by atoms with Gasteiger partial charge in [-0.2, -0.15) is 0 Å². The van der Waals surface area contributed by atoms with Crippen LogP contribution >= 0.6 is 0 Å².